The number of methoxy groups -OCH3 is 1. The zero-order valence-corrected chi connectivity index (χ0v) is 13.3. The summed E-state index contributed by atoms with van der Waals surface area (Å²) < 4.78 is 23.1. The minimum Gasteiger partial charge on any atom is -0.465 e. The first-order valence-corrected chi connectivity index (χ1v) is 7.33. The Kier molecular flexibility index (Phi) is 4.48. The van der Waals surface area contributed by atoms with E-state index in [2.05, 4.69) is 10.5 Å². The molecule has 0 saturated carbocycles. The third-order valence-electron chi connectivity index (χ3n) is 3.28. The fourth-order valence-electron chi connectivity index (χ4n) is 2.16. The molecule has 0 atom stereocenters. The molecule has 3 aromatic rings. The number of hydrogen-bond acceptors (Lipinski definition) is 5. The van der Waals surface area contributed by atoms with Gasteiger partial charge in [0, 0.05) is 16.3 Å². The molecule has 24 heavy (non-hydrogen) atoms. The monoisotopic (exact) mass is 346 g/mol. The highest BCUT2D eigenvalue weighted by Crippen LogP contribution is 2.32. The lowest BCUT2D eigenvalue weighted by molar-refractivity contribution is 0.0602. The lowest BCUT2D eigenvalue weighted by atomic mass is 10.1. The molecule has 0 amide bonds. The van der Waals surface area contributed by atoms with Gasteiger partial charge in [0.05, 0.1) is 7.11 Å². The van der Waals surface area contributed by atoms with Gasteiger partial charge in [-0.2, -0.15) is 0 Å². The van der Waals surface area contributed by atoms with Crippen LogP contribution in [0.5, 0.6) is 0 Å². The van der Waals surface area contributed by atoms with E-state index in [0.717, 1.165) is 0 Å². The zero-order chi connectivity index (χ0) is 17.1. The molecule has 0 saturated heterocycles. The van der Waals surface area contributed by atoms with Crippen molar-refractivity contribution in [3.8, 4) is 11.3 Å². The van der Waals surface area contributed by atoms with Gasteiger partial charge in [-0.15, -0.1) is 0 Å². The summed E-state index contributed by atoms with van der Waals surface area (Å²) in [5.74, 6) is -0.884. The predicted molar refractivity (Wildman–Crippen MR) is 88.0 cm³/mol. The van der Waals surface area contributed by atoms with E-state index < -0.39 is 5.97 Å². The topological polar surface area (TPSA) is 64.4 Å². The Morgan fingerprint density at radius 2 is 2.00 bits per heavy atom. The number of aromatic nitrogens is 1. The SMILES string of the molecule is COC(=O)c1c(-c2cccc(Cl)c2)noc1Nc1ccc(F)cc1. The number of anilines is 2. The van der Waals surface area contributed by atoms with E-state index in [9.17, 15) is 9.18 Å². The number of nitrogens with one attached hydrogen (secondary N) is 1. The number of benzene rings is 2. The molecule has 0 unspecified atom stereocenters. The molecule has 122 valence electrons. The second-order valence-corrected chi connectivity index (χ2v) is 5.31. The summed E-state index contributed by atoms with van der Waals surface area (Å²) in [5.41, 5.74) is 1.58. The Bertz CT molecular complexity index is 878. The summed E-state index contributed by atoms with van der Waals surface area (Å²) in [6.07, 6.45) is 0. The number of carbonyl (C=O) groups is 1. The van der Waals surface area contributed by atoms with Crippen molar-refractivity contribution in [1.82, 2.24) is 5.16 Å². The van der Waals surface area contributed by atoms with E-state index in [1.165, 1.54) is 31.4 Å². The number of halogens is 2. The van der Waals surface area contributed by atoms with Crippen LogP contribution >= 0.6 is 11.6 Å². The van der Waals surface area contributed by atoms with Gasteiger partial charge in [-0.3, -0.25) is 0 Å². The third kappa shape index (κ3) is 3.23. The Hall–Kier alpha value is -2.86. The van der Waals surface area contributed by atoms with Crippen molar-refractivity contribution in [2.75, 3.05) is 12.4 Å². The van der Waals surface area contributed by atoms with Crippen molar-refractivity contribution in [2.45, 2.75) is 0 Å². The molecule has 5 nitrogen and oxygen atoms in total. The molecule has 3 rings (SSSR count). The average Bonchev–Trinajstić information content (AvgIpc) is 3.00. The van der Waals surface area contributed by atoms with Crippen LogP contribution in [0.1, 0.15) is 10.4 Å². The third-order valence-corrected chi connectivity index (χ3v) is 3.52. The van der Waals surface area contributed by atoms with Crippen LogP contribution in [0.3, 0.4) is 0 Å². The first-order chi connectivity index (χ1) is 11.6. The Morgan fingerprint density at radius 3 is 2.67 bits per heavy atom. The van der Waals surface area contributed by atoms with E-state index in [1.54, 1.807) is 24.3 Å². The van der Waals surface area contributed by atoms with Crippen LogP contribution in [0.25, 0.3) is 11.3 Å². The van der Waals surface area contributed by atoms with E-state index in [0.29, 0.717) is 22.0 Å². The van der Waals surface area contributed by atoms with Crippen LogP contribution in [0.2, 0.25) is 5.02 Å². The summed E-state index contributed by atoms with van der Waals surface area (Å²) in [4.78, 5) is 12.2. The van der Waals surface area contributed by atoms with Crippen LogP contribution in [0.15, 0.2) is 53.1 Å². The summed E-state index contributed by atoms with van der Waals surface area (Å²) in [5, 5.41) is 7.33. The van der Waals surface area contributed by atoms with Crippen molar-refractivity contribution in [3.05, 3.63) is 64.9 Å². The van der Waals surface area contributed by atoms with Gasteiger partial charge < -0.3 is 14.6 Å². The summed E-state index contributed by atoms with van der Waals surface area (Å²) in [6.45, 7) is 0. The van der Waals surface area contributed by atoms with Crippen LogP contribution in [-0.4, -0.2) is 18.2 Å². The molecule has 0 radical (unpaired) electrons. The van der Waals surface area contributed by atoms with Gasteiger partial charge in [0.15, 0.2) is 5.56 Å². The average molecular weight is 347 g/mol. The predicted octanol–water partition coefficient (Wildman–Crippen LogP) is 4.66. The molecule has 0 aliphatic heterocycles. The van der Waals surface area contributed by atoms with Gasteiger partial charge >= 0.3 is 5.97 Å². The van der Waals surface area contributed by atoms with Gasteiger partial charge in [-0.05, 0) is 36.4 Å². The van der Waals surface area contributed by atoms with Crippen LogP contribution in [0, 0.1) is 5.82 Å². The molecule has 0 spiro atoms. The Labute approximate surface area is 142 Å². The van der Waals surface area contributed by atoms with Gasteiger partial charge in [-0.25, -0.2) is 9.18 Å². The highest BCUT2D eigenvalue weighted by molar-refractivity contribution is 6.30. The fraction of sp³-hybridized carbons (Fsp3) is 0.0588. The number of rotatable bonds is 4. The first kappa shape index (κ1) is 16.0. The zero-order valence-electron chi connectivity index (χ0n) is 12.5. The summed E-state index contributed by atoms with van der Waals surface area (Å²) in [6, 6.07) is 12.4. The van der Waals surface area contributed by atoms with Gasteiger partial charge in [-0.1, -0.05) is 28.9 Å². The highest BCUT2D eigenvalue weighted by Gasteiger charge is 2.25. The smallest absolute Gasteiger partial charge is 0.345 e. The molecule has 0 aliphatic rings. The largest absolute Gasteiger partial charge is 0.465 e. The minimum atomic E-state index is -0.615. The number of ether oxygens (including phenoxy) is 1. The molecule has 2 aromatic carbocycles. The summed E-state index contributed by atoms with van der Waals surface area (Å²) in [7, 11) is 1.26. The number of hydrogen-bond donors (Lipinski definition) is 1. The molecule has 1 heterocycles. The number of carbonyl (C=O) groups excluding carboxylic acids is 1. The van der Waals surface area contributed by atoms with Gasteiger partial charge in [0.2, 0.25) is 5.88 Å². The minimum absolute atomic E-state index is 0.100. The fourth-order valence-corrected chi connectivity index (χ4v) is 2.35. The van der Waals surface area contributed by atoms with Gasteiger partial charge in [0.25, 0.3) is 0 Å². The van der Waals surface area contributed by atoms with E-state index in [4.69, 9.17) is 20.9 Å². The van der Waals surface area contributed by atoms with Crippen molar-refractivity contribution in [2.24, 2.45) is 0 Å². The Balaban J connectivity index is 2.04. The van der Waals surface area contributed by atoms with Crippen LogP contribution < -0.4 is 5.32 Å². The summed E-state index contributed by atoms with van der Waals surface area (Å²) >= 11 is 5.99. The highest BCUT2D eigenvalue weighted by atomic mass is 35.5. The molecule has 0 fully saturated rings. The lowest BCUT2D eigenvalue weighted by Gasteiger charge is -2.05. The molecule has 1 aromatic heterocycles. The first-order valence-electron chi connectivity index (χ1n) is 6.95. The molecule has 0 bridgehead atoms. The van der Waals surface area contributed by atoms with Crippen LogP contribution in [-0.2, 0) is 4.74 Å². The van der Waals surface area contributed by atoms with Crippen molar-refractivity contribution in [3.63, 3.8) is 0 Å². The lowest BCUT2D eigenvalue weighted by Crippen LogP contribution is -2.05. The van der Waals surface area contributed by atoms with Crippen molar-refractivity contribution < 1.29 is 18.4 Å². The molecule has 1 N–H and O–H groups in total. The van der Waals surface area contributed by atoms with E-state index >= 15 is 0 Å². The second kappa shape index (κ2) is 6.72. The molecular weight excluding hydrogens is 335 g/mol. The van der Waals surface area contributed by atoms with Crippen LogP contribution in [0.4, 0.5) is 16.0 Å². The quantitative estimate of drug-likeness (QED) is 0.696. The standard InChI is InChI=1S/C17H12ClFN2O3/c1-23-17(22)14-15(10-3-2-4-11(18)9-10)21-24-16(14)20-13-7-5-12(19)6-8-13/h2-9,20H,1H3. The van der Waals surface area contributed by atoms with E-state index in [-0.39, 0.29) is 17.3 Å². The second-order valence-electron chi connectivity index (χ2n) is 4.87. The Morgan fingerprint density at radius 1 is 1.25 bits per heavy atom. The van der Waals surface area contributed by atoms with Crippen molar-refractivity contribution in [1.29, 1.82) is 0 Å². The maximum Gasteiger partial charge on any atom is 0.345 e. The van der Waals surface area contributed by atoms with Gasteiger partial charge in [0.1, 0.15) is 11.5 Å². The van der Waals surface area contributed by atoms with E-state index in [1.807, 2.05) is 0 Å². The molecule has 0 aliphatic carbocycles. The number of esters is 1. The normalized spacial score (nSPS) is 10.5. The number of nitrogens with zero attached hydrogens (tertiary/aromatic N) is 1. The van der Waals surface area contributed by atoms with Crippen molar-refractivity contribution >= 4 is 29.1 Å². The maximum absolute atomic E-state index is 13.0. The molecular formula is C17H12ClFN2O3. The molecule has 7 heteroatoms. The maximum atomic E-state index is 13.0.